The minimum absolute atomic E-state index is 0. The SMILES string of the molecule is [K+].[S-]c1nnc(Cc2nc(-c3ccccc3)no2)n1CCCn1ccnc1. The van der Waals surface area contributed by atoms with Crippen molar-refractivity contribution >= 4 is 12.6 Å². The zero-order chi connectivity index (χ0) is 17.8. The number of aromatic nitrogens is 7. The van der Waals surface area contributed by atoms with Crippen molar-refractivity contribution in [3.63, 3.8) is 0 Å². The van der Waals surface area contributed by atoms with Gasteiger partial charge in [-0.3, -0.25) is 0 Å². The molecule has 0 aliphatic rings. The number of rotatable bonds is 7. The molecule has 0 atom stereocenters. The molecule has 0 unspecified atom stereocenters. The molecule has 27 heavy (non-hydrogen) atoms. The molecule has 0 amide bonds. The van der Waals surface area contributed by atoms with E-state index < -0.39 is 0 Å². The molecule has 0 saturated heterocycles. The monoisotopic (exact) mass is 405 g/mol. The summed E-state index contributed by atoms with van der Waals surface area (Å²) < 4.78 is 9.30. The fourth-order valence-electron chi connectivity index (χ4n) is 2.67. The van der Waals surface area contributed by atoms with Gasteiger partial charge in [-0.2, -0.15) is 10.1 Å². The van der Waals surface area contributed by atoms with Crippen LogP contribution < -0.4 is 51.4 Å². The Morgan fingerprint density at radius 1 is 1.07 bits per heavy atom. The second-order valence-electron chi connectivity index (χ2n) is 5.76. The maximum atomic E-state index is 5.36. The van der Waals surface area contributed by atoms with Crippen LogP contribution in [0.3, 0.4) is 0 Å². The van der Waals surface area contributed by atoms with Gasteiger partial charge in [0.2, 0.25) is 11.7 Å². The van der Waals surface area contributed by atoms with Crippen LogP contribution in [0.1, 0.15) is 18.1 Å². The predicted octanol–water partition coefficient (Wildman–Crippen LogP) is -0.884. The summed E-state index contributed by atoms with van der Waals surface area (Å²) in [5.41, 5.74) is 0.910. The third-order valence-electron chi connectivity index (χ3n) is 3.96. The van der Waals surface area contributed by atoms with E-state index >= 15 is 0 Å². The average molecular weight is 406 g/mol. The van der Waals surface area contributed by atoms with E-state index in [9.17, 15) is 0 Å². The van der Waals surface area contributed by atoms with E-state index in [1.54, 1.807) is 12.5 Å². The van der Waals surface area contributed by atoms with Crippen molar-refractivity contribution in [3.8, 4) is 11.4 Å². The standard InChI is InChI=1S/C17H17N7OS.K/c26-17-21-20-14(24(17)9-4-8-23-10-7-18-12-23)11-15-19-16(22-25-15)13-5-2-1-3-6-13;/h1-3,5-7,10,12H,4,8-9,11H2,(H,21,26);/q;+1/p-1. The van der Waals surface area contributed by atoms with Gasteiger partial charge in [-0.1, -0.05) is 35.5 Å². The molecule has 3 heterocycles. The normalized spacial score (nSPS) is 10.7. The number of imidazole rings is 1. The van der Waals surface area contributed by atoms with E-state index in [0.717, 1.165) is 30.9 Å². The second-order valence-corrected chi connectivity index (χ2v) is 6.12. The molecule has 0 bridgehead atoms. The van der Waals surface area contributed by atoms with Crippen molar-refractivity contribution in [2.45, 2.75) is 31.1 Å². The molecule has 0 fully saturated rings. The van der Waals surface area contributed by atoms with Gasteiger partial charge in [-0.15, -0.1) is 5.10 Å². The Kier molecular flexibility index (Phi) is 7.27. The van der Waals surface area contributed by atoms with Gasteiger partial charge in [-0.05, 0) is 6.42 Å². The molecule has 1 aromatic carbocycles. The minimum Gasteiger partial charge on any atom is -0.740 e. The van der Waals surface area contributed by atoms with Crippen molar-refractivity contribution in [2.24, 2.45) is 0 Å². The maximum absolute atomic E-state index is 5.36. The Bertz CT molecular complexity index is 969. The van der Waals surface area contributed by atoms with Crippen LogP contribution in [-0.4, -0.2) is 34.5 Å². The molecule has 0 saturated carbocycles. The Hall–Kier alpha value is -1.43. The molecule has 0 aliphatic carbocycles. The molecular formula is C17H16KN7OS. The third kappa shape index (κ3) is 5.09. The smallest absolute Gasteiger partial charge is 0.740 e. The molecule has 0 N–H and O–H groups in total. The van der Waals surface area contributed by atoms with Crippen LogP contribution in [0.25, 0.3) is 11.4 Å². The van der Waals surface area contributed by atoms with Gasteiger partial charge in [0.25, 0.3) is 0 Å². The molecule has 0 spiro atoms. The van der Waals surface area contributed by atoms with Gasteiger partial charge in [0.1, 0.15) is 5.82 Å². The van der Waals surface area contributed by atoms with E-state index in [1.165, 1.54) is 0 Å². The molecule has 4 rings (SSSR count). The summed E-state index contributed by atoms with van der Waals surface area (Å²) in [4.78, 5) is 8.48. The quantitative estimate of drug-likeness (QED) is 0.291. The summed E-state index contributed by atoms with van der Waals surface area (Å²) in [7, 11) is 0. The van der Waals surface area contributed by atoms with Gasteiger partial charge >= 0.3 is 51.4 Å². The van der Waals surface area contributed by atoms with Crippen LogP contribution in [0, 0.1) is 0 Å². The molecule has 132 valence electrons. The van der Waals surface area contributed by atoms with E-state index in [-0.39, 0.29) is 51.4 Å². The summed E-state index contributed by atoms with van der Waals surface area (Å²) >= 11 is 5.29. The Balaban J connectivity index is 0.00000210. The second kappa shape index (κ2) is 9.67. The zero-order valence-electron chi connectivity index (χ0n) is 14.9. The number of hydrogen-bond donors (Lipinski definition) is 0. The van der Waals surface area contributed by atoms with Gasteiger partial charge < -0.3 is 26.3 Å². The summed E-state index contributed by atoms with van der Waals surface area (Å²) in [6.45, 7) is 1.57. The predicted molar refractivity (Wildman–Crippen MR) is 95.0 cm³/mol. The van der Waals surface area contributed by atoms with Gasteiger partial charge in [0, 0.05) is 36.2 Å². The zero-order valence-corrected chi connectivity index (χ0v) is 18.8. The van der Waals surface area contributed by atoms with Crippen LogP contribution in [0.15, 0.2) is 58.7 Å². The number of aryl methyl sites for hydroxylation is 1. The van der Waals surface area contributed by atoms with Crippen molar-refractivity contribution in [1.29, 1.82) is 0 Å². The summed E-state index contributed by atoms with van der Waals surface area (Å²) in [6, 6.07) is 9.70. The fourth-order valence-corrected chi connectivity index (χ4v) is 2.91. The molecular weight excluding hydrogens is 389 g/mol. The molecule has 0 aliphatic heterocycles. The van der Waals surface area contributed by atoms with Crippen molar-refractivity contribution in [1.82, 2.24) is 34.5 Å². The molecule has 3 aromatic heterocycles. The Labute approximate surface area is 204 Å². The van der Waals surface area contributed by atoms with E-state index in [0.29, 0.717) is 23.3 Å². The number of hydrogen-bond acceptors (Lipinski definition) is 7. The molecule has 10 heteroatoms. The topological polar surface area (TPSA) is 87.5 Å². The van der Waals surface area contributed by atoms with Crippen LogP contribution in [0.5, 0.6) is 0 Å². The first-order valence-corrected chi connectivity index (χ1v) is 8.63. The Morgan fingerprint density at radius 3 is 2.70 bits per heavy atom. The number of benzene rings is 1. The molecule has 8 nitrogen and oxygen atoms in total. The van der Waals surface area contributed by atoms with Crippen LogP contribution in [-0.2, 0) is 32.1 Å². The largest absolute Gasteiger partial charge is 1.00 e. The van der Waals surface area contributed by atoms with Crippen molar-refractivity contribution < 1.29 is 55.9 Å². The van der Waals surface area contributed by atoms with Crippen LogP contribution in [0.4, 0.5) is 0 Å². The number of nitrogens with zero attached hydrogens (tertiary/aromatic N) is 7. The minimum atomic E-state index is 0. The summed E-state index contributed by atoms with van der Waals surface area (Å²) in [6.07, 6.45) is 6.79. The first kappa shape index (κ1) is 20.3. The first-order valence-electron chi connectivity index (χ1n) is 8.22. The molecule has 4 aromatic rings. The van der Waals surface area contributed by atoms with Crippen molar-refractivity contribution in [3.05, 3.63) is 60.8 Å². The first-order chi connectivity index (χ1) is 12.8. The summed E-state index contributed by atoms with van der Waals surface area (Å²) in [5.74, 6) is 1.77. The van der Waals surface area contributed by atoms with E-state index in [2.05, 4.69) is 25.3 Å². The fraction of sp³-hybridized carbons (Fsp3) is 0.235. The van der Waals surface area contributed by atoms with Crippen LogP contribution in [0.2, 0.25) is 0 Å². The van der Waals surface area contributed by atoms with Gasteiger partial charge in [0.05, 0.1) is 12.7 Å². The molecule has 0 radical (unpaired) electrons. The third-order valence-corrected chi connectivity index (χ3v) is 4.26. The van der Waals surface area contributed by atoms with Crippen molar-refractivity contribution in [2.75, 3.05) is 0 Å². The van der Waals surface area contributed by atoms with Gasteiger partial charge in [0.15, 0.2) is 0 Å². The van der Waals surface area contributed by atoms with E-state index in [4.69, 9.17) is 17.2 Å². The summed E-state index contributed by atoms with van der Waals surface area (Å²) in [5, 5.41) is 12.7. The van der Waals surface area contributed by atoms with E-state index in [1.807, 2.05) is 45.7 Å². The average Bonchev–Trinajstić information content (AvgIpc) is 3.40. The Morgan fingerprint density at radius 2 is 1.93 bits per heavy atom. The van der Waals surface area contributed by atoms with Crippen LogP contribution >= 0.6 is 0 Å². The van der Waals surface area contributed by atoms with Gasteiger partial charge in [-0.25, -0.2) is 4.98 Å². The maximum Gasteiger partial charge on any atom is 1.00 e.